The Morgan fingerprint density at radius 3 is 2.38 bits per heavy atom. The fourth-order valence-electron chi connectivity index (χ4n) is 3.45. The molecule has 3 nitrogen and oxygen atoms in total. The van der Waals surface area contributed by atoms with Crippen LogP contribution in [0, 0.1) is 13.8 Å². The number of nitrogens with one attached hydrogen (secondary N) is 1. The number of esters is 1. The van der Waals surface area contributed by atoms with Crippen LogP contribution < -0.4 is 5.32 Å². The van der Waals surface area contributed by atoms with Crippen LogP contribution in [-0.4, -0.2) is 5.97 Å². The van der Waals surface area contributed by atoms with E-state index >= 15 is 0 Å². The molecular formula is C23H21NO2. The lowest BCUT2D eigenvalue weighted by Crippen LogP contribution is -2.43. The molecule has 0 bridgehead atoms. The molecule has 0 fully saturated rings. The van der Waals surface area contributed by atoms with Gasteiger partial charge in [0.2, 0.25) is 5.72 Å². The summed E-state index contributed by atoms with van der Waals surface area (Å²) >= 11 is 0. The first-order valence-electron chi connectivity index (χ1n) is 8.80. The fourth-order valence-corrected chi connectivity index (χ4v) is 3.45. The lowest BCUT2D eigenvalue weighted by Gasteiger charge is -2.31. The smallest absolute Gasteiger partial charge is 0.340 e. The molecule has 1 aliphatic heterocycles. The molecule has 0 radical (unpaired) electrons. The Balaban J connectivity index is 1.82. The number of fused-ring (bicyclic) bond motifs is 1. The monoisotopic (exact) mass is 343 g/mol. The van der Waals surface area contributed by atoms with E-state index in [-0.39, 0.29) is 5.97 Å². The summed E-state index contributed by atoms with van der Waals surface area (Å²) in [5.74, 6) is -0.292. The van der Waals surface area contributed by atoms with Gasteiger partial charge in [0.1, 0.15) is 0 Å². The van der Waals surface area contributed by atoms with E-state index in [9.17, 15) is 4.79 Å². The Labute approximate surface area is 153 Å². The molecule has 0 saturated heterocycles. The summed E-state index contributed by atoms with van der Waals surface area (Å²) in [7, 11) is 0. The third-order valence-corrected chi connectivity index (χ3v) is 5.07. The van der Waals surface area contributed by atoms with Crippen LogP contribution in [0.2, 0.25) is 0 Å². The molecule has 3 aromatic carbocycles. The van der Waals surface area contributed by atoms with Gasteiger partial charge in [-0.15, -0.1) is 0 Å². The minimum absolute atomic E-state index is 0.292. The topological polar surface area (TPSA) is 38.3 Å². The largest absolute Gasteiger partial charge is 0.431 e. The molecule has 3 heteroatoms. The van der Waals surface area contributed by atoms with Gasteiger partial charge in [0.05, 0.1) is 5.56 Å². The van der Waals surface area contributed by atoms with Crippen LogP contribution in [-0.2, 0) is 17.0 Å². The van der Waals surface area contributed by atoms with Crippen molar-refractivity contribution in [1.82, 2.24) is 5.32 Å². The number of aryl methyl sites for hydroxylation is 2. The van der Waals surface area contributed by atoms with E-state index in [2.05, 4.69) is 43.4 Å². The van der Waals surface area contributed by atoms with Crippen LogP contribution in [0.3, 0.4) is 0 Å². The fraction of sp³-hybridized carbons (Fsp3) is 0.174. The molecule has 26 heavy (non-hydrogen) atoms. The van der Waals surface area contributed by atoms with Crippen LogP contribution in [0.15, 0.2) is 72.8 Å². The van der Waals surface area contributed by atoms with Gasteiger partial charge in [-0.25, -0.2) is 4.79 Å². The van der Waals surface area contributed by atoms with Crippen molar-refractivity contribution in [2.75, 3.05) is 0 Å². The van der Waals surface area contributed by atoms with E-state index in [0.29, 0.717) is 12.1 Å². The number of hydrogen-bond acceptors (Lipinski definition) is 3. The predicted octanol–water partition coefficient (Wildman–Crippen LogP) is 4.46. The van der Waals surface area contributed by atoms with Gasteiger partial charge in [-0.1, -0.05) is 66.7 Å². The highest BCUT2D eigenvalue weighted by Crippen LogP contribution is 2.40. The van der Waals surface area contributed by atoms with Gasteiger partial charge in [-0.05, 0) is 36.6 Å². The Bertz CT molecular complexity index is 965. The first-order chi connectivity index (χ1) is 12.6. The van der Waals surface area contributed by atoms with Gasteiger partial charge in [0.25, 0.3) is 0 Å². The zero-order chi connectivity index (χ0) is 18.1. The molecule has 3 aromatic rings. The molecule has 1 heterocycles. The maximum atomic E-state index is 12.6. The van der Waals surface area contributed by atoms with Crippen molar-refractivity contribution in [3.8, 4) is 0 Å². The van der Waals surface area contributed by atoms with Crippen LogP contribution in [0.1, 0.15) is 38.2 Å². The molecular weight excluding hydrogens is 322 g/mol. The highest BCUT2D eigenvalue weighted by Gasteiger charge is 2.46. The summed E-state index contributed by atoms with van der Waals surface area (Å²) in [5.41, 5.74) is 4.97. The molecule has 0 aromatic heterocycles. The molecule has 1 unspecified atom stereocenters. The summed E-state index contributed by atoms with van der Waals surface area (Å²) in [6.07, 6.45) is 0. The van der Waals surface area contributed by atoms with Crippen molar-refractivity contribution in [2.24, 2.45) is 0 Å². The van der Waals surface area contributed by atoms with Gasteiger partial charge < -0.3 is 4.74 Å². The number of ether oxygens (including phenoxy) is 1. The summed E-state index contributed by atoms with van der Waals surface area (Å²) in [4.78, 5) is 12.6. The summed E-state index contributed by atoms with van der Waals surface area (Å²) in [6.45, 7) is 4.75. The van der Waals surface area contributed by atoms with Crippen molar-refractivity contribution in [3.63, 3.8) is 0 Å². The zero-order valence-corrected chi connectivity index (χ0v) is 15.0. The normalized spacial score (nSPS) is 18.5. The average Bonchev–Trinajstić information content (AvgIpc) is 2.97. The van der Waals surface area contributed by atoms with Gasteiger partial charge in [0, 0.05) is 17.7 Å². The Morgan fingerprint density at radius 1 is 0.885 bits per heavy atom. The van der Waals surface area contributed by atoms with E-state index in [4.69, 9.17) is 4.74 Å². The SMILES string of the molecule is Cc1ccc(C2(NCc3ccccc3)OC(=O)c3ccccc32)cc1C. The van der Waals surface area contributed by atoms with Crippen LogP contribution in [0.25, 0.3) is 0 Å². The molecule has 0 saturated carbocycles. The lowest BCUT2D eigenvalue weighted by atomic mass is 9.90. The van der Waals surface area contributed by atoms with Crippen molar-refractivity contribution >= 4 is 5.97 Å². The summed E-state index contributed by atoms with van der Waals surface area (Å²) in [5, 5.41) is 3.52. The molecule has 0 spiro atoms. The molecule has 4 rings (SSSR count). The van der Waals surface area contributed by atoms with E-state index < -0.39 is 5.72 Å². The minimum atomic E-state index is -0.970. The van der Waals surface area contributed by atoms with Crippen LogP contribution in [0.5, 0.6) is 0 Å². The van der Waals surface area contributed by atoms with Gasteiger partial charge >= 0.3 is 5.97 Å². The number of carbonyl (C=O) groups excluding carboxylic acids is 1. The number of carbonyl (C=O) groups is 1. The molecule has 0 aliphatic carbocycles. The maximum Gasteiger partial charge on any atom is 0.340 e. The second-order valence-corrected chi connectivity index (χ2v) is 6.75. The zero-order valence-electron chi connectivity index (χ0n) is 15.0. The van der Waals surface area contributed by atoms with E-state index in [1.165, 1.54) is 11.1 Å². The van der Waals surface area contributed by atoms with Gasteiger partial charge in [-0.3, -0.25) is 5.32 Å². The van der Waals surface area contributed by atoms with Crippen LogP contribution >= 0.6 is 0 Å². The first-order valence-corrected chi connectivity index (χ1v) is 8.80. The van der Waals surface area contributed by atoms with Crippen LogP contribution in [0.4, 0.5) is 0 Å². The summed E-state index contributed by atoms with van der Waals surface area (Å²) in [6, 6.07) is 23.9. The highest BCUT2D eigenvalue weighted by atomic mass is 16.6. The Morgan fingerprint density at radius 2 is 1.62 bits per heavy atom. The molecule has 0 amide bonds. The quantitative estimate of drug-likeness (QED) is 0.711. The van der Waals surface area contributed by atoms with E-state index in [1.54, 1.807) is 0 Å². The van der Waals surface area contributed by atoms with Crippen molar-refractivity contribution in [2.45, 2.75) is 26.1 Å². The Hall–Kier alpha value is -2.91. The minimum Gasteiger partial charge on any atom is -0.431 e. The number of benzene rings is 3. The Kier molecular flexibility index (Phi) is 4.09. The van der Waals surface area contributed by atoms with Crippen molar-refractivity contribution in [3.05, 3.63) is 106 Å². The van der Waals surface area contributed by atoms with Gasteiger partial charge in [-0.2, -0.15) is 0 Å². The van der Waals surface area contributed by atoms with Crippen molar-refractivity contribution in [1.29, 1.82) is 0 Å². The highest BCUT2D eigenvalue weighted by molar-refractivity contribution is 5.95. The van der Waals surface area contributed by atoms with E-state index in [0.717, 1.165) is 16.7 Å². The predicted molar refractivity (Wildman–Crippen MR) is 102 cm³/mol. The number of cyclic esters (lactones) is 1. The molecule has 130 valence electrons. The first kappa shape index (κ1) is 16.6. The lowest BCUT2D eigenvalue weighted by molar-refractivity contribution is -0.00588. The van der Waals surface area contributed by atoms with Gasteiger partial charge in [0.15, 0.2) is 0 Å². The second kappa shape index (κ2) is 6.43. The number of hydrogen-bond donors (Lipinski definition) is 1. The molecule has 1 N–H and O–H groups in total. The summed E-state index contributed by atoms with van der Waals surface area (Å²) < 4.78 is 5.97. The number of rotatable bonds is 4. The average molecular weight is 343 g/mol. The van der Waals surface area contributed by atoms with E-state index in [1.807, 2.05) is 48.5 Å². The second-order valence-electron chi connectivity index (χ2n) is 6.75. The molecule has 1 atom stereocenters. The third-order valence-electron chi connectivity index (χ3n) is 5.07. The molecule has 1 aliphatic rings. The maximum absolute atomic E-state index is 12.6. The third kappa shape index (κ3) is 2.71. The standard InChI is InChI=1S/C23H21NO2/c1-16-12-13-19(14-17(16)2)23(24-15-18-8-4-3-5-9-18)21-11-7-6-10-20(21)22(25)26-23/h3-14,24H,15H2,1-2H3. The van der Waals surface area contributed by atoms with Crippen molar-refractivity contribution < 1.29 is 9.53 Å².